The van der Waals surface area contributed by atoms with Crippen molar-refractivity contribution in [2.75, 3.05) is 17.7 Å². The average molecular weight is 304 g/mol. The second-order valence-corrected chi connectivity index (χ2v) is 4.38. The maximum atomic E-state index is 9.06. The lowest BCUT2D eigenvalue weighted by Crippen LogP contribution is -2.00. The minimum atomic E-state index is 0.543. The van der Waals surface area contributed by atoms with Crippen LogP contribution >= 0.6 is 15.9 Å². The zero-order valence-electron chi connectivity index (χ0n) is 9.61. The van der Waals surface area contributed by atoms with Gasteiger partial charge in [0.05, 0.1) is 23.6 Å². The summed E-state index contributed by atoms with van der Waals surface area (Å²) in [7, 11) is 1.77. The van der Waals surface area contributed by atoms with Gasteiger partial charge in [0.15, 0.2) is 5.82 Å². The van der Waals surface area contributed by atoms with E-state index in [1.165, 1.54) is 0 Å². The molecule has 0 atom stereocenters. The van der Waals surface area contributed by atoms with Crippen LogP contribution in [0.5, 0.6) is 0 Å². The van der Waals surface area contributed by atoms with Gasteiger partial charge in [-0.1, -0.05) is 15.9 Å². The number of hydrogen-bond donors (Lipinski definition) is 2. The number of halogens is 1. The fourth-order valence-electron chi connectivity index (χ4n) is 1.40. The molecule has 0 bridgehead atoms. The molecule has 1 aromatic carbocycles. The van der Waals surface area contributed by atoms with E-state index in [0.29, 0.717) is 22.9 Å². The molecule has 0 amide bonds. The molecule has 0 saturated heterocycles. The summed E-state index contributed by atoms with van der Waals surface area (Å²) in [5, 5.41) is 15.0. The second-order valence-electron chi connectivity index (χ2n) is 3.47. The monoisotopic (exact) mass is 303 g/mol. The van der Waals surface area contributed by atoms with Crippen molar-refractivity contribution in [3.05, 3.63) is 40.6 Å². The van der Waals surface area contributed by atoms with E-state index in [-0.39, 0.29) is 0 Å². The van der Waals surface area contributed by atoms with Crippen molar-refractivity contribution in [2.24, 2.45) is 0 Å². The lowest BCUT2D eigenvalue weighted by molar-refractivity contribution is 1.18. The normalized spacial score (nSPS) is 9.61. The smallest absolute Gasteiger partial charge is 0.151 e. The molecule has 0 spiro atoms. The van der Waals surface area contributed by atoms with Gasteiger partial charge in [-0.15, -0.1) is 0 Å². The summed E-state index contributed by atoms with van der Waals surface area (Å²) in [6.45, 7) is 0. The highest BCUT2D eigenvalue weighted by atomic mass is 79.9. The first-order chi connectivity index (χ1) is 8.72. The molecule has 0 aliphatic rings. The molecule has 0 aliphatic heterocycles. The molecule has 0 unspecified atom stereocenters. The molecular weight excluding hydrogens is 294 g/mol. The van der Waals surface area contributed by atoms with Crippen LogP contribution in [0.25, 0.3) is 0 Å². The van der Waals surface area contributed by atoms with Gasteiger partial charge in [-0.25, -0.2) is 4.98 Å². The summed E-state index contributed by atoms with van der Waals surface area (Å²) in [6.07, 6.45) is 3.22. The molecular formula is C12H10BrN5. The maximum Gasteiger partial charge on any atom is 0.151 e. The third-order valence-electron chi connectivity index (χ3n) is 2.26. The molecule has 0 radical (unpaired) electrons. The Labute approximate surface area is 113 Å². The van der Waals surface area contributed by atoms with Crippen LogP contribution in [-0.2, 0) is 0 Å². The van der Waals surface area contributed by atoms with Gasteiger partial charge in [-0.2, -0.15) is 5.26 Å². The number of nitrogens with one attached hydrogen (secondary N) is 2. The third kappa shape index (κ3) is 2.76. The number of nitrogens with zero attached hydrogens (tertiary/aromatic N) is 3. The number of benzene rings is 1. The minimum Gasteiger partial charge on any atom is -0.372 e. The van der Waals surface area contributed by atoms with Crippen molar-refractivity contribution in [3.8, 4) is 6.07 Å². The fourth-order valence-corrected chi connectivity index (χ4v) is 1.76. The Morgan fingerprint density at radius 1 is 1.28 bits per heavy atom. The van der Waals surface area contributed by atoms with Crippen LogP contribution in [0, 0.1) is 11.3 Å². The number of aromatic nitrogens is 2. The molecule has 2 aromatic rings. The molecule has 2 rings (SSSR count). The Bertz CT molecular complexity index is 606. The average Bonchev–Trinajstić information content (AvgIpc) is 2.41. The molecule has 18 heavy (non-hydrogen) atoms. The summed E-state index contributed by atoms with van der Waals surface area (Å²) in [6, 6.07) is 7.55. The highest BCUT2D eigenvalue weighted by Gasteiger charge is 2.04. The second kappa shape index (κ2) is 5.47. The summed E-state index contributed by atoms with van der Waals surface area (Å²) in [5.74, 6) is 1.25. The third-order valence-corrected chi connectivity index (χ3v) is 2.75. The van der Waals surface area contributed by atoms with E-state index in [1.54, 1.807) is 25.5 Å². The van der Waals surface area contributed by atoms with E-state index in [2.05, 4.69) is 42.6 Å². The first kappa shape index (κ1) is 12.3. The molecule has 6 heteroatoms. The van der Waals surface area contributed by atoms with Gasteiger partial charge in [0.2, 0.25) is 0 Å². The van der Waals surface area contributed by atoms with Crippen LogP contribution in [0.3, 0.4) is 0 Å². The van der Waals surface area contributed by atoms with Crippen LogP contribution < -0.4 is 10.6 Å². The van der Waals surface area contributed by atoms with Gasteiger partial charge < -0.3 is 10.6 Å². The Balaban J connectivity index is 2.31. The number of anilines is 3. The van der Waals surface area contributed by atoms with Crippen molar-refractivity contribution in [3.63, 3.8) is 0 Å². The van der Waals surface area contributed by atoms with E-state index in [1.807, 2.05) is 12.1 Å². The quantitative estimate of drug-likeness (QED) is 0.912. The molecule has 5 nitrogen and oxygen atoms in total. The number of hydrogen-bond acceptors (Lipinski definition) is 5. The molecule has 0 fully saturated rings. The molecule has 1 heterocycles. The Morgan fingerprint density at radius 3 is 2.78 bits per heavy atom. The Kier molecular flexibility index (Phi) is 3.75. The summed E-state index contributed by atoms with van der Waals surface area (Å²) >= 11 is 3.33. The molecule has 0 saturated carbocycles. The van der Waals surface area contributed by atoms with E-state index in [9.17, 15) is 0 Å². The van der Waals surface area contributed by atoms with Crippen LogP contribution in [0.1, 0.15) is 5.56 Å². The molecule has 0 aliphatic carbocycles. The zero-order chi connectivity index (χ0) is 13.0. The highest BCUT2D eigenvalue weighted by molar-refractivity contribution is 9.10. The minimum absolute atomic E-state index is 0.543. The van der Waals surface area contributed by atoms with Crippen LogP contribution in [0.4, 0.5) is 17.3 Å². The lowest BCUT2D eigenvalue weighted by atomic mass is 10.2. The molecule has 90 valence electrons. The number of rotatable bonds is 3. The van der Waals surface area contributed by atoms with Crippen LogP contribution in [0.15, 0.2) is 35.1 Å². The fraction of sp³-hybridized carbons (Fsp3) is 0.0833. The highest BCUT2D eigenvalue weighted by Crippen LogP contribution is 2.23. The maximum absolute atomic E-state index is 9.06. The largest absolute Gasteiger partial charge is 0.372 e. The van der Waals surface area contributed by atoms with Crippen LogP contribution in [-0.4, -0.2) is 17.0 Å². The Morgan fingerprint density at radius 2 is 2.06 bits per heavy atom. The van der Waals surface area contributed by atoms with E-state index in [4.69, 9.17) is 5.26 Å². The van der Waals surface area contributed by atoms with Gasteiger partial charge in [0.25, 0.3) is 0 Å². The van der Waals surface area contributed by atoms with Crippen molar-refractivity contribution >= 4 is 33.3 Å². The molecule has 2 N–H and O–H groups in total. The number of nitriles is 1. The van der Waals surface area contributed by atoms with E-state index < -0.39 is 0 Å². The van der Waals surface area contributed by atoms with Gasteiger partial charge in [0, 0.05) is 11.5 Å². The standard InChI is InChI=1S/C12H10BrN5/c1-15-11-6-16-7-12(18-11)17-10-3-2-9(13)4-8(10)5-14/h2-4,6-7H,1H3,(H2,15,17,18). The Hall–Kier alpha value is -2.13. The van der Waals surface area contributed by atoms with E-state index in [0.717, 1.165) is 4.47 Å². The van der Waals surface area contributed by atoms with Crippen LogP contribution in [0.2, 0.25) is 0 Å². The predicted molar refractivity (Wildman–Crippen MR) is 73.7 cm³/mol. The first-order valence-corrected chi connectivity index (χ1v) is 5.98. The predicted octanol–water partition coefficient (Wildman–Crippen LogP) is 2.90. The SMILES string of the molecule is CNc1cncc(Nc2ccc(Br)cc2C#N)n1. The summed E-state index contributed by atoms with van der Waals surface area (Å²) in [5.41, 5.74) is 1.24. The van der Waals surface area contributed by atoms with Crippen molar-refractivity contribution in [1.82, 2.24) is 9.97 Å². The lowest BCUT2D eigenvalue weighted by Gasteiger charge is -2.08. The summed E-state index contributed by atoms with van der Waals surface area (Å²) in [4.78, 5) is 8.32. The molecule has 1 aromatic heterocycles. The topological polar surface area (TPSA) is 73.6 Å². The van der Waals surface area contributed by atoms with E-state index >= 15 is 0 Å². The van der Waals surface area contributed by atoms with Crippen molar-refractivity contribution < 1.29 is 0 Å². The zero-order valence-corrected chi connectivity index (χ0v) is 11.2. The van der Waals surface area contributed by atoms with Gasteiger partial charge >= 0.3 is 0 Å². The first-order valence-electron chi connectivity index (χ1n) is 5.19. The van der Waals surface area contributed by atoms with Gasteiger partial charge in [-0.05, 0) is 18.2 Å². The summed E-state index contributed by atoms with van der Waals surface area (Å²) < 4.78 is 0.861. The van der Waals surface area contributed by atoms with Gasteiger partial charge in [0.1, 0.15) is 11.9 Å². The van der Waals surface area contributed by atoms with Crippen molar-refractivity contribution in [2.45, 2.75) is 0 Å². The van der Waals surface area contributed by atoms with Crippen molar-refractivity contribution in [1.29, 1.82) is 5.26 Å². The van der Waals surface area contributed by atoms with Gasteiger partial charge in [-0.3, -0.25) is 4.98 Å².